The molecule has 2 aromatic carbocycles. The largest absolute Gasteiger partial charge is 0.494 e. The Bertz CT molecular complexity index is 894. The van der Waals surface area contributed by atoms with Gasteiger partial charge in [-0.25, -0.2) is 0 Å². The van der Waals surface area contributed by atoms with E-state index in [9.17, 15) is 4.79 Å². The molecule has 0 saturated carbocycles. The number of hydrogen-bond donors (Lipinski definition) is 1. The van der Waals surface area contributed by atoms with Crippen molar-refractivity contribution >= 4 is 17.6 Å². The number of carboxylic acid groups (broad SMARTS) is 1. The fraction of sp³-hybridized carbons (Fsp3) is 0.435. The Balaban J connectivity index is 1.38. The summed E-state index contributed by atoms with van der Waals surface area (Å²) in [5.74, 6) is 0.813. The minimum Gasteiger partial charge on any atom is -0.494 e. The Hall–Kier alpha value is -2.24. The Morgan fingerprint density at radius 1 is 1.28 bits per heavy atom. The van der Waals surface area contributed by atoms with Gasteiger partial charge in [0.2, 0.25) is 0 Å². The SMILES string of the molecule is CCCCOc1ccc2c(c1)CC(c1ccc(CN3CC(C(=O)O)C3)cc1Cl)O2. The van der Waals surface area contributed by atoms with Gasteiger partial charge in [-0.2, -0.15) is 0 Å². The zero-order valence-electron chi connectivity index (χ0n) is 16.6. The Kier molecular flexibility index (Phi) is 5.97. The fourth-order valence-electron chi connectivity index (χ4n) is 3.87. The van der Waals surface area contributed by atoms with Crippen molar-refractivity contribution in [1.82, 2.24) is 4.90 Å². The molecule has 2 aliphatic heterocycles. The molecule has 154 valence electrons. The molecule has 2 heterocycles. The molecule has 1 unspecified atom stereocenters. The average Bonchev–Trinajstić information content (AvgIpc) is 3.07. The van der Waals surface area contributed by atoms with E-state index in [-0.39, 0.29) is 12.0 Å². The monoisotopic (exact) mass is 415 g/mol. The molecule has 4 rings (SSSR count). The van der Waals surface area contributed by atoms with Crippen molar-refractivity contribution in [2.75, 3.05) is 19.7 Å². The van der Waals surface area contributed by atoms with Crippen LogP contribution in [0.25, 0.3) is 0 Å². The van der Waals surface area contributed by atoms with Gasteiger partial charge in [0, 0.05) is 42.2 Å². The minimum atomic E-state index is -0.716. The van der Waals surface area contributed by atoms with E-state index < -0.39 is 5.97 Å². The first kappa shape index (κ1) is 20.0. The molecular formula is C23H26ClNO4. The molecule has 2 aliphatic rings. The molecule has 0 amide bonds. The summed E-state index contributed by atoms with van der Waals surface area (Å²) in [5, 5.41) is 9.68. The van der Waals surface area contributed by atoms with Crippen molar-refractivity contribution in [2.24, 2.45) is 5.92 Å². The fourth-order valence-corrected chi connectivity index (χ4v) is 4.19. The van der Waals surface area contributed by atoms with Crippen LogP contribution in [-0.2, 0) is 17.8 Å². The Morgan fingerprint density at radius 2 is 2.10 bits per heavy atom. The van der Waals surface area contributed by atoms with E-state index in [0.29, 0.717) is 24.7 Å². The standard InChI is InChI=1S/C23H26ClNO4/c1-2-3-8-28-18-5-7-21-16(10-18)11-22(29-21)19-6-4-15(9-20(19)24)12-25-13-17(14-25)23(26)27/h4-7,9-10,17,22H,2-3,8,11-14H2,1H3,(H,26,27). The third-order valence-electron chi connectivity index (χ3n) is 5.60. The number of halogens is 1. The summed E-state index contributed by atoms with van der Waals surface area (Å²) in [6.07, 6.45) is 2.83. The van der Waals surface area contributed by atoms with Gasteiger partial charge >= 0.3 is 5.97 Å². The molecule has 1 N–H and O–H groups in total. The van der Waals surface area contributed by atoms with Gasteiger partial charge in [0.1, 0.15) is 17.6 Å². The van der Waals surface area contributed by atoms with E-state index >= 15 is 0 Å². The number of rotatable bonds is 8. The van der Waals surface area contributed by atoms with Gasteiger partial charge in [0.15, 0.2) is 0 Å². The summed E-state index contributed by atoms with van der Waals surface area (Å²) in [5.41, 5.74) is 3.21. The maximum Gasteiger partial charge on any atom is 0.309 e. The van der Waals surface area contributed by atoms with Crippen molar-refractivity contribution in [3.05, 3.63) is 58.1 Å². The number of fused-ring (bicyclic) bond motifs is 1. The first-order chi connectivity index (χ1) is 14.0. The summed E-state index contributed by atoms with van der Waals surface area (Å²) in [4.78, 5) is 13.1. The average molecular weight is 416 g/mol. The highest BCUT2D eigenvalue weighted by atomic mass is 35.5. The first-order valence-electron chi connectivity index (χ1n) is 10.2. The minimum absolute atomic E-state index is 0.0992. The predicted octanol–water partition coefficient (Wildman–Crippen LogP) is 4.71. The van der Waals surface area contributed by atoms with Gasteiger partial charge in [-0.05, 0) is 36.2 Å². The van der Waals surface area contributed by atoms with E-state index in [1.807, 2.05) is 24.3 Å². The van der Waals surface area contributed by atoms with Gasteiger partial charge in [-0.3, -0.25) is 9.69 Å². The van der Waals surface area contributed by atoms with Gasteiger partial charge in [0.25, 0.3) is 0 Å². The van der Waals surface area contributed by atoms with E-state index in [0.717, 1.165) is 54.1 Å². The second-order valence-electron chi connectivity index (χ2n) is 7.87. The van der Waals surface area contributed by atoms with Crippen LogP contribution in [0.1, 0.15) is 42.6 Å². The zero-order valence-corrected chi connectivity index (χ0v) is 17.3. The number of benzene rings is 2. The van der Waals surface area contributed by atoms with Gasteiger partial charge < -0.3 is 14.6 Å². The highest BCUT2D eigenvalue weighted by Gasteiger charge is 2.32. The molecule has 1 saturated heterocycles. The van der Waals surface area contributed by atoms with E-state index in [2.05, 4.69) is 24.0 Å². The molecule has 1 atom stereocenters. The van der Waals surface area contributed by atoms with Crippen molar-refractivity contribution < 1.29 is 19.4 Å². The van der Waals surface area contributed by atoms with Crippen LogP contribution in [-0.4, -0.2) is 35.7 Å². The molecule has 0 aromatic heterocycles. The van der Waals surface area contributed by atoms with Crippen LogP contribution >= 0.6 is 11.6 Å². The van der Waals surface area contributed by atoms with Crippen LogP contribution in [0.4, 0.5) is 0 Å². The molecule has 5 nitrogen and oxygen atoms in total. The summed E-state index contributed by atoms with van der Waals surface area (Å²) >= 11 is 6.57. The van der Waals surface area contributed by atoms with Gasteiger partial charge in [-0.1, -0.05) is 37.1 Å². The first-order valence-corrected chi connectivity index (χ1v) is 10.6. The summed E-state index contributed by atoms with van der Waals surface area (Å²) in [7, 11) is 0. The van der Waals surface area contributed by atoms with Crippen LogP contribution < -0.4 is 9.47 Å². The second-order valence-corrected chi connectivity index (χ2v) is 8.27. The second kappa shape index (κ2) is 8.64. The number of aliphatic carboxylic acids is 1. The highest BCUT2D eigenvalue weighted by molar-refractivity contribution is 6.31. The maximum absolute atomic E-state index is 10.9. The number of hydrogen-bond acceptors (Lipinski definition) is 4. The molecule has 0 bridgehead atoms. The predicted molar refractivity (Wildman–Crippen MR) is 112 cm³/mol. The third kappa shape index (κ3) is 4.51. The van der Waals surface area contributed by atoms with Crippen LogP contribution in [0, 0.1) is 5.92 Å². The van der Waals surface area contributed by atoms with Crippen LogP contribution in [0.15, 0.2) is 36.4 Å². The van der Waals surface area contributed by atoms with E-state index in [4.69, 9.17) is 26.2 Å². The van der Waals surface area contributed by atoms with Crippen molar-refractivity contribution in [1.29, 1.82) is 0 Å². The lowest BCUT2D eigenvalue weighted by Crippen LogP contribution is -2.49. The molecule has 6 heteroatoms. The summed E-state index contributed by atoms with van der Waals surface area (Å²) < 4.78 is 11.9. The Morgan fingerprint density at radius 3 is 2.83 bits per heavy atom. The molecule has 0 spiro atoms. The molecular weight excluding hydrogens is 390 g/mol. The van der Waals surface area contributed by atoms with Gasteiger partial charge in [0.05, 0.1) is 12.5 Å². The Labute approximate surface area is 176 Å². The number of unbranched alkanes of at least 4 members (excludes halogenated alkanes) is 1. The molecule has 0 radical (unpaired) electrons. The normalized spacial score (nSPS) is 18.8. The van der Waals surface area contributed by atoms with E-state index in [1.165, 1.54) is 0 Å². The number of likely N-dealkylation sites (tertiary alicyclic amines) is 1. The lowest BCUT2D eigenvalue weighted by atomic mass is 9.98. The zero-order chi connectivity index (χ0) is 20.4. The molecule has 2 aromatic rings. The topological polar surface area (TPSA) is 59.0 Å². The summed E-state index contributed by atoms with van der Waals surface area (Å²) in [6.45, 7) is 4.79. The number of nitrogens with zero attached hydrogens (tertiary/aromatic N) is 1. The number of carbonyl (C=O) groups is 1. The van der Waals surface area contributed by atoms with Crippen molar-refractivity contribution in [3.8, 4) is 11.5 Å². The quantitative estimate of drug-likeness (QED) is 0.632. The van der Waals surface area contributed by atoms with Crippen LogP contribution in [0.3, 0.4) is 0 Å². The van der Waals surface area contributed by atoms with Crippen LogP contribution in [0.2, 0.25) is 5.02 Å². The van der Waals surface area contributed by atoms with Crippen LogP contribution in [0.5, 0.6) is 11.5 Å². The lowest BCUT2D eigenvalue weighted by Gasteiger charge is -2.36. The number of ether oxygens (including phenoxy) is 2. The maximum atomic E-state index is 10.9. The summed E-state index contributed by atoms with van der Waals surface area (Å²) in [6, 6.07) is 12.1. The van der Waals surface area contributed by atoms with E-state index in [1.54, 1.807) is 0 Å². The van der Waals surface area contributed by atoms with Gasteiger partial charge in [-0.15, -0.1) is 0 Å². The third-order valence-corrected chi connectivity index (χ3v) is 5.92. The lowest BCUT2D eigenvalue weighted by molar-refractivity contribution is -0.147. The van der Waals surface area contributed by atoms with Crippen molar-refractivity contribution in [3.63, 3.8) is 0 Å². The molecule has 1 fully saturated rings. The molecule has 0 aliphatic carbocycles. The smallest absolute Gasteiger partial charge is 0.309 e. The molecule has 29 heavy (non-hydrogen) atoms. The number of carboxylic acids is 1. The van der Waals surface area contributed by atoms with Crippen molar-refractivity contribution in [2.45, 2.75) is 38.8 Å². The highest BCUT2D eigenvalue weighted by Crippen LogP contribution is 2.40.